The van der Waals surface area contributed by atoms with Crippen molar-refractivity contribution in [2.75, 3.05) is 23.4 Å². The first-order valence-electron chi connectivity index (χ1n) is 8.30. The zero-order chi connectivity index (χ0) is 16.4. The number of carbonyl (C=O) groups is 1. The maximum absolute atomic E-state index is 12.4. The van der Waals surface area contributed by atoms with Gasteiger partial charge in [-0.25, -0.2) is 4.79 Å². The number of hydrogen-bond acceptors (Lipinski definition) is 4. The Morgan fingerprint density at radius 1 is 1.57 bits per heavy atom. The molecule has 3 heterocycles. The van der Waals surface area contributed by atoms with Gasteiger partial charge in [-0.15, -0.1) is 0 Å². The normalized spacial score (nSPS) is 27.6. The summed E-state index contributed by atoms with van der Waals surface area (Å²) in [7, 11) is 1.87. The van der Waals surface area contributed by atoms with E-state index >= 15 is 0 Å². The van der Waals surface area contributed by atoms with Crippen LogP contribution in [0, 0.1) is 0 Å². The summed E-state index contributed by atoms with van der Waals surface area (Å²) in [6, 6.07) is 0.0363. The van der Waals surface area contributed by atoms with Gasteiger partial charge in [0.05, 0.1) is 17.0 Å². The Bertz CT molecular complexity index is 566. The van der Waals surface area contributed by atoms with E-state index in [2.05, 4.69) is 29.6 Å². The summed E-state index contributed by atoms with van der Waals surface area (Å²) in [4.78, 5) is 12.4. The van der Waals surface area contributed by atoms with E-state index in [9.17, 15) is 4.79 Å². The summed E-state index contributed by atoms with van der Waals surface area (Å²) in [5, 5.41) is 10.5. The topological polar surface area (TPSA) is 68.2 Å². The molecule has 3 rings (SSSR count). The molecule has 2 saturated heterocycles. The standard InChI is InChI=1S/C16H26N4O2S/c1-11(2)14-13(9-20(3)19-14)18-15(21)17-12-4-6-22-16(8-12)5-7-23-10-16/h9,11-12H,4-8,10H2,1-3H3,(H2,17,18,21)/t12-,16-/m0/s1. The Hall–Kier alpha value is -1.21. The molecule has 0 unspecified atom stereocenters. The van der Waals surface area contributed by atoms with Crippen molar-refractivity contribution < 1.29 is 9.53 Å². The second kappa shape index (κ2) is 6.73. The minimum Gasteiger partial charge on any atom is -0.374 e. The Balaban J connectivity index is 1.59. The Morgan fingerprint density at radius 2 is 2.39 bits per heavy atom. The summed E-state index contributed by atoms with van der Waals surface area (Å²) in [5.41, 5.74) is 1.69. The van der Waals surface area contributed by atoms with Crippen LogP contribution in [0.4, 0.5) is 10.5 Å². The van der Waals surface area contributed by atoms with Crippen LogP contribution in [0.15, 0.2) is 6.20 Å². The van der Waals surface area contributed by atoms with Crippen LogP contribution in [-0.2, 0) is 11.8 Å². The predicted octanol–water partition coefficient (Wildman–Crippen LogP) is 2.72. The number of aryl methyl sites for hydroxylation is 1. The van der Waals surface area contributed by atoms with Gasteiger partial charge in [-0.3, -0.25) is 4.68 Å². The lowest BCUT2D eigenvalue weighted by atomic mass is 9.90. The van der Waals surface area contributed by atoms with Gasteiger partial charge < -0.3 is 15.4 Å². The summed E-state index contributed by atoms with van der Waals surface area (Å²) in [6.45, 7) is 4.88. The van der Waals surface area contributed by atoms with Crippen LogP contribution in [0.2, 0.25) is 0 Å². The molecule has 128 valence electrons. The molecule has 2 amide bonds. The van der Waals surface area contributed by atoms with E-state index in [1.165, 1.54) is 0 Å². The number of hydrogen-bond donors (Lipinski definition) is 2. The highest BCUT2D eigenvalue weighted by atomic mass is 32.2. The number of nitrogens with zero attached hydrogens (tertiary/aromatic N) is 2. The first-order chi connectivity index (χ1) is 11.0. The van der Waals surface area contributed by atoms with Gasteiger partial charge in [0, 0.05) is 31.6 Å². The zero-order valence-electron chi connectivity index (χ0n) is 14.1. The minimum absolute atomic E-state index is 0.0156. The Morgan fingerprint density at radius 3 is 3.09 bits per heavy atom. The fourth-order valence-electron chi connectivity index (χ4n) is 3.39. The molecule has 0 aromatic carbocycles. The molecule has 1 aromatic rings. The summed E-state index contributed by atoms with van der Waals surface area (Å²) in [5.74, 6) is 2.48. The number of urea groups is 1. The number of carbonyl (C=O) groups excluding carboxylic acids is 1. The number of nitrogens with one attached hydrogen (secondary N) is 2. The van der Waals surface area contributed by atoms with Crippen molar-refractivity contribution in [2.45, 2.75) is 50.7 Å². The highest BCUT2D eigenvalue weighted by Gasteiger charge is 2.40. The SMILES string of the molecule is CC(C)c1nn(C)cc1NC(=O)N[C@H]1CCO[C@@]2(CCSC2)C1. The highest BCUT2D eigenvalue weighted by Crippen LogP contribution is 2.38. The molecule has 6 nitrogen and oxygen atoms in total. The van der Waals surface area contributed by atoms with Gasteiger partial charge >= 0.3 is 6.03 Å². The molecule has 0 radical (unpaired) electrons. The first-order valence-corrected chi connectivity index (χ1v) is 9.46. The molecule has 0 saturated carbocycles. The maximum Gasteiger partial charge on any atom is 0.319 e. The number of thioether (sulfide) groups is 1. The van der Waals surface area contributed by atoms with Gasteiger partial charge in [0.1, 0.15) is 0 Å². The van der Waals surface area contributed by atoms with Gasteiger partial charge in [-0.1, -0.05) is 13.8 Å². The number of aromatic nitrogens is 2. The number of anilines is 1. The van der Waals surface area contributed by atoms with Crippen molar-refractivity contribution >= 4 is 23.5 Å². The molecule has 2 aliphatic rings. The van der Waals surface area contributed by atoms with Crippen molar-refractivity contribution in [3.05, 3.63) is 11.9 Å². The van der Waals surface area contributed by atoms with Crippen molar-refractivity contribution in [3.63, 3.8) is 0 Å². The van der Waals surface area contributed by atoms with Gasteiger partial charge in [-0.05, 0) is 30.9 Å². The van der Waals surface area contributed by atoms with Gasteiger partial charge in [0.2, 0.25) is 0 Å². The van der Waals surface area contributed by atoms with E-state index < -0.39 is 0 Å². The predicted molar refractivity (Wildman–Crippen MR) is 93.1 cm³/mol. The Kier molecular flexibility index (Phi) is 4.87. The second-order valence-electron chi connectivity index (χ2n) is 6.88. The largest absolute Gasteiger partial charge is 0.374 e. The van der Waals surface area contributed by atoms with Crippen LogP contribution in [-0.4, -0.2) is 45.6 Å². The monoisotopic (exact) mass is 338 g/mol. The third-order valence-corrected chi connectivity index (χ3v) is 5.77. The van der Waals surface area contributed by atoms with E-state index in [1.807, 2.05) is 25.0 Å². The minimum atomic E-state index is -0.146. The fourth-order valence-corrected chi connectivity index (χ4v) is 4.76. The second-order valence-corrected chi connectivity index (χ2v) is 7.98. The van der Waals surface area contributed by atoms with Crippen LogP contribution in [0.3, 0.4) is 0 Å². The quantitative estimate of drug-likeness (QED) is 0.889. The molecule has 1 spiro atoms. The molecule has 2 fully saturated rings. The molecule has 2 aliphatic heterocycles. The van der Waals surface area contributed by atoms with Crippen LogP contribution < -0.4 is 10.6 Å². The highest BCUT2D eigenvalue weighted by molar-refractivity contribution is 7.99. The van der Waals surface area contributed by atoms with Crippen molar-refractivity contribution in [1.82, 2.24) is 15.1 Å². The summed E-state index contributed by atoms with van der Waals surface area (Å²) >= 11 is 1.95. The Labute approximate surface area is 141 Å². The van der Waals surface area contributed by atoms with Crippen LogP contribution in [0.25, 0.3) is 0 Å². The number of ether oxygens (including phenoxy) is 1. The van der Waals surface area contributed by atoms with E-state index in [1.54, 1.807) is 4.68 Å². The zero-order valence-corrected chi connectivity index (χ0v) is 14.9. The van der Waals surface area contributed by atoms with E-state index in [0.29, 0.717) is 0 Å². The maximum atomic E-state index is 12.4. The van der Waals surface area contributed by atoms with E-state index in [-0.39, 0.29) is 23.6 Å². The third kappa shape index (κ3) is 3.83. The fraction of sp³-hybridized carbons (Fsp3) is 0.750. The smallest absolute Gasteiger partial charge is 0.319 e. The van der Waals surface area contributed by atoms with Crippen molar-refractivity contribution in [3.8, 4) is 0 Å². The molecule has 2 atom stereocenters. The lowest BCUT2D eigenvalue weighted by molar-refractivity contribution is -0.0682. The van der Waals surface area contributed by atoms with Crippen LogP contribution >= 0.6 is 11.8 Å². The van der Waals surface area contributed by atoms with Crippen LogP contribution in [0.5, 0.6) is 0 Å². The lowest BCUT2D eigenvalue weighted by Crippen LogP contribution is -2.49. The van der Waals surface area contributed by atoms with Crippen molar-refractivity contribution in [2.24, 2.45) is 7.05 Å². The first kappa shape index (κ1) is 16.6. The molecule has 0 bridgehead atoms. The summed E-state index contributed by atoms with van der Waals surface area (Å²) < 4.78 is 7.74. The van der Waals surface area contributed by atoms with Crippen molar-refractivity contribution in [1.29, 1.82) is 0 Å². The number of amides is 2. The van der Waals surface area contributed by atoms with Gasteiger partial charge in [0.15, 0.2) is 0 Å². The molecule has 2 N–H and O–H groups in total. The van der Waals surface area contributed by atoms with Gasteiger partial charge in [-0.2, -0.15) is 16.9 Å². The lowest BCUT2D eigenvalue weighted by Gasteiger charge is -2.37. The number of rotatable bonds is 3. The molecular weight excluding hydrogens is 312 g/mol. The molecular formula is C16H26N4O2S. The molecule has 7 heteroatoms. The third-order valence-electron chi connectivity index (χ3n) is 4.55. The molecule has 0 aliphatic carbocycles. The molecule has 1 aromatic heterocycles. The summed E-state index contributed by atoms with van der Waals surface area (Å²) in [6.07, 6.45) is 4.74. The van der Waals surface area contributed by atoms with E-state index in [0.717, 1.165) is 48.8 Å². The molecule has 23 heavy (non-hydrogen) atoms. The average molecular weight is 338 g/mol. The van der Waals surface area contributed by atoms with Crippen LogP contribution in [0.1, 0.15) is 44.7 Å². The van der Waals surface area contributed by atoms with Gasteiger partial charge in [0.25, 0.3) is 0 Å². The average Bonchev–Trinajstić information content (AvgIpc) is 3.06. The van der Waals surface area contributed by atoms with E-state index in [4.69, 9.17) is 4.74 Å².